The fourth-order valence-corrected chi connectivity index (χ4v) is 2.18. The molecule has 1 aromatic heterocycles. The summed E-state index contributed by atoms with van der Waals surface area (Å²) in [7, 11) is 1.63. The van der Waals surface area contributed by atoms with E-state index in [-0.39, 0.29) is 6.04 Å². The van der Waals surface area contributed by atoms with E-state index in [0.717, 1.165) is 22.4 Å². The molecule has 0 aliphatic heterocycles. The SMILES string of the molecule is COc1ccc2oc(CC(N)c3ccccc3)nc2c1. The molecule has 0 spiro atoms. The van der Waals surface area contributed by atoms with Crippen molar-refractivity contribution in [2.45, 2.75) is 12.5 Å². The lowest BCUT2D eigenvalue weighted by molar-refractivity contribution is 0.415. The van der Waals surface area contributed by atoms with E-state index in [1.807, 2.05) is 48.5 Å². The number of hydrogen-bond acceptors (Lipinski definition) is 4. The second-order valence-electron chi connectivity index (χ2n) is 4.66. The van der Waals surface area contributed by atoms with Crippen LogP contribution in [0.2, 0.25) is 0 Å². The Hall–Kier alpha value is -2.33. The number of hydrogen-bond donors (Lipinski definition) is 1. The van der Waals surface area contributed by atoms with Crippen LogP contribution in [0.4, 0.5) is 0 Å². The highest BCUT2D eigenvalue weighted by atomic mass is 16.5. The van der Waals surface area contributed by atoms with Crippen LogP contribution in [-0.4, -0.2) is 12.1 Å². The zero-order valence-electron chi connectivity index (χ0n) is 11.2. The first kappa shape index (κ1) is 12.7. The summed E-state index contributed by atoms with van der Waals surface area (Å²) in [6.07, 6.45) is 0.570. The van der Waals surface area contributed by atoms with Crippen molar-refractivity contribution in [1.29, 1.82) is 0 Å². The molecule has 3 rings (SSSR count). The van der Waals surface area contributed by atoms with E-state index in [0.29, 0.717) is 12.3 Å². The molecule has 20 heavy (non-hydrogen) atoms. The molecule has 1 atom stereocenters. The molecule has 0 saturated heterocycles. The van der Waals surface area contributed by atoms with Gasteiger partial charge in [-0.05, 0) is 17.7 Å². The van der Waals surface area contributed by atoms with Crippen molar-refractivity contribution >= 4 is 11.1 Å². The second kappa shape index (κ2) is 5.35. The van der Waals surface area contributed by atoms with Gasteiger partial charge >= 0.3 is 0 Å². The van der Waals surface area contributed by atoms with E-state index < -0.39 is 0 Å². The number of oxazole rings is 1. The Labute approximate surface area is 117 Å². The van der Waals surface area contributed by atoms with Gasteiger partial charge in [0.15, 0.2) is 11.5 Å². The van der Waals surface area contributed by atoms with E-state index in [1.165, 1.54) is 0 Å². The Morgan fingerprint density at radius 1 is 1.20 bits per heavy atom. The molecule has 4 heteroatoms. The minimum Gasteiger partial charge on any atom is -0.497 e. The quantitative estimate of drug-likeness (QED) is 0.790. The summed E-state index contributed by atoms with van der Waals surface area (Å²) in [6.45, 7) is 0. The summed E-state index contributed by atoms with van der Waals surface area (Å²) >= 11 is 0. The largest absolute Gasteiger partial charge is 0.497 e. The zero-order valence-corrected chi connectivity index (χ0v) is 11.2. The van der Waals surface area contributed by atoms with Crippen LogP contribution < -0.4 is 10.5 Å². The number of rotatable bonds is 4. The van der Waals surface area contributed by atoms with E-state index in [2.05, 4.69) is 4.98 Å². The third-order valence-corrected chi connectivity index (χ3v) is 3.26. The Kier molecular flexibility index (Phi) is 3.39. The van der Waals surface area contributed by atoms with Gasteiger partial charge in [0, 0.05) is 18.5 Å². The van der Waals surface area contributed by atoms with E-state index in [1.54, 1.807) is 7.11 Å². The van der Waals surface area contributed by atoms with Crippen molar-refractivity contribution in [3.8, 4) is 5.75 Å². The lowest BCUT2D eigenvalue weighted by Crippen LogP contribution is -2.13. The number of ether oxygens (including phenoxy) is 1. The maximum absolute atomic E-state index is 6.18. The smallest absolute Gasteiger partial charge is 0.197 e. The number of fused-ring (bicyclic) bond motifs is 1. The van der Waals surface area contributed by atoms with Crippen LogP contribution in [0, 0.1) is 0 Å². The third-order valence-electron chi connectivity index (χ3n) is 3.26. The molecule has 1 heterocycles. The third kappa shape index (κ3) is 2.51. The van der Waals surface area contributed by atoms with Crippen LogP contribution in [0.15, 0.2) is 52.9 Å². The maximum atomic E-state index is 6.18. The molecule has 0 amide bonds. The van der Waals surface area contributed by atoms with E-state index >= 15 is 0 Å². The number of nitrogens with zero attached hydrogens (tertiary/aromatic N) is 1. The van der Waals surface area contributed by atoms with Gasteiger partial charge in [-0.3, -0.25) is 0 Å². The predicted molar refractivity (Wildman–Crippen MR) is 77.6 cm³/mol. The van der Waals surface area contributed by atoms with Crippen molar-refractivity contribution in [1.82, 2.24) is 4.98 Å². The summed E-state index contributed by atoms with van der Waals surface area (Å²) in [6, 6.07) is 15.4. The van der Waals surface area contributed by atoms with Crippen molar-refractivity contribution < 1.29 is 9.15 Å². The fraction of sp³-hybridized carbons (Fsp3) is 0.188. The predicted octanol–water partition coefficient (Wildman–Crippen LogP) is 3.08. The van der Waals surface area contributed by atoms with Gasteiger partial charge in [0.2, 0.25) is 0 Å². The lowest BCUT2D eigenvalue weighted by atomic mass is 10.1. The molecule has 2 aromatic carbocycles. The molecule has 0 saturated carbocycles. The van der Waals surface area contributed by atoms with Crippen LogP contribution in [0.3, 0.4) is 0 Å². The summed E-state index contributed by atoms with van der Waals surface area (Å²) in [5, 5.41) is 0. The number of nitrogens with two attached hydrogens (primary N) is 1. The zero-order chi connectivity index (χ0) is 13.9. The summed E-state index contributed by atoms with van der Waals surface area (Å²) < 4.78 is 10.9. The summed E-state index contributed by atoms with van der Waals surface area (Å²) in [5.41, 5.74) is 8.80. The average molecular weight is 268 g/mol. The molecular formula is C16H16N2O2. The molecule has 0 fully saturated rings. The highest BCUT2D eigenvalue weighted by Gasteiger charge is 2.12. The normalized spacial score (nSPS) is 12.5. The van der Waals surface area contributed by atoms with Crippen molar-refractivity contribution in [2.24, 2.45) is 5.73 Å². The van der Waals surface area contributed by atoms with E-state index in [4.69, 9.17) is 14.9 Å². The molecule has 102 valence electrons. The second-order valence-corrected chi connectivity index (χ2v) is 4.66. The van der Waals surface area contributed by atoms with Crippen molar-refractivity contribution in [2.75, 3.05) is 7.11 Å². The molecule has 1 unspecified atom stereocenters. The van der Waals surface area contributed by atoms with Crippen LogP contribution in [-0.2, 0) is 6.42 Å². The first-order valence-electron chi connectivity index (χ1n) is 6.50. The van der Waals surface area contributed by atoms with Gasteiger partial charge in [0.1, 0.15) is 11.3 Å². The van der Waals surface area contributed by atoms with Crippen molar-refractivity contribution in [3.05, 3.63) is 60.0 Å². The van der Waals surface area contributed by atoms with Gasteiger partial charge in [-0.15, -0.1) is 0 Å². The minimum absolute atomic E-state index is 0.119. The molecular weight excluding hydrogens is 252 g/mol. The monoisotopic (exact) mass is 268 g/mol. The molecule has 0 aliphatic rings. The molecule has 4 nitrogen and oxygen atoms in total. The summed E-state index contributed by atoms with van der Waals surface area (Å²) in [5.74, 6) is 1.41. The average Bonchev–Trinajstić information content (AvgIpc) is 2.89. The van der Waals surface area contributed by atoms with Gasteiger partial charge in [-0.1, -0.05) is 30.3 Å². The summed E-state index contributed by atoms with van der Waals surface area (Å²) in [4.78, 5) is 4.46. The van der Waals surface area contributed by atoms with Gasteiger partial charge < -0.3 is 14.9 Å². The van der Waals surface area contributed by atoms with Gasteiger partial charge in [-0.2, -0.15) is 0 Å². The Balaban J connectivity index is 1.84. The van der Waals surface area contributed by atoms with Gasteiger partial charge in [0.05, 0.1) is 7.11 Å². The minimum atomic E-state index is -0.119. The Morgan fingerprint density at radius 2 is 2.00 bits per heavy atom. The number of aromatic nitrogens is 1. The van der Waals surface area contributed by atoms with Crippen LogP contribution in [0.1, 0.15) is 17.5 Å². The molecule has 2 N–H and O–H groups in total. The van der Waals surface area contributed by atoms with Gasteiger partial charge in [0.25, 0.3) is 0 Å². The number of benzene rings is 2. The molecule has 0 radical (unpaired) electrons. The van der Waals surface area contributed by atoms with Gasteiger partial charge in [-0.25, -0.2) is 4.98 Å². The van der Waals surface area contributed by atoms with Crippen LogP contribution >= 0.6 is 0 Å². The molecule has 3 aromatic rings. The first-order valence-corrected chi connectivity index (χ1v) is 6.50. The standard InChI is InChI=1S/C16H16N2O2/c1-19-12-7-8-15-14(9-12)18-16(20-15)10-13(17)11-5-3-2-4-6-11/h2-9,13H,10,17H2,1H3. The Morgan fingerprint density at radius 3 is 2.75 bits per heavy atom. The topological polar surface area (TPSA) is 61.3 Å². The highest BCUT2D eigenvalue weighted by Crippen LogP contribution is 2.23. The van der Waals surface area contributed by atoms with Crippen LogP contribution in [0.25, 0.3) is 11.1 Å². The van der Waals surface area contributed by atoms with E-state index in [9.17, 15) is 0 Å². The molecule has 0 aliphatic carbocycles. The van der Waals surface area contributed by atoms with Crippen molar-refractivity contribution in [3.63, 3.8) is 0 Å². The first-order chi connectivity index (χ1) is 9.76. The van der Waals surface area contributed by atoms with Crippen LogP contribution in [0.5, 0.6) is 5.75 Å². The fourth-order valence-electron chi connectivity index (χ4n) is 2.18. The number of methoxy groups -OCH3 is 1. The Bertz CT molecular complexity index is 707. The lowest BCUT2D eigenvalue weighted by Gasteiger charge is -2.08. The maximum Gasteiger partial charge on any atom is 0.197 e. The highest BCUT2D eigenvalue weighted by molar-refractivity contribution is 5.74. The molecule has 0 bridgehead atoms.